The number of nitrogens with two attached hydrogens (primary N) is 1. The molecule has 0 bridgehead atoms. The summed E-state index contributed by atoms with van der Waals surface area (Å²) in [6.45, 7) is 0. The number of anilines is 1. The van der Waals surface area contributed by atoms with E-state index in [9.17, 15) is 17.6 Å². The summed E-state index contributed by atoms with van der Waals surface area (Å²) in [6.07, 6.45) is 3.23. The van der Waals surface area contributed by atoms with Crippen LogP contribution in [0.2, 0.25) is 0 Å². The summed E-state index contributed by atoms with van der Waals surface area (Å²) in [6, 6.07) is 1.16. The molecule has 0 aromatic carbocycles. The maximum absolute atomic E-state index is 13.4. The van der Waals surface area contributed by atoms with E-state index in [1.54, 1.807) is 0 Å². The lowest BCUT2D eigenvalue weighted by Crippen LogP contribution is -2.18. The van der Waals surface area contributed by atoms with Crippen molar-refractivity contribution in [3.05, 3.63) is 36.0 Å². The molecular formula is C10H10FN5O3S. The third-order valence-electron chi connectivity index (χ3n) is 2.35. The highest BCUT2D eigenvalue weighted by Gasteiger charge is 2.21. The van der Waals surface area contributed by atoms with Crippen LogP contribution in [0.15, 0.2) is 29.6 Å². The first-order valence-corrected chi connectivity index (χ1v) is 6.81. The van der Waals surface area contributed by atoms with Crippen molar-refractivity contribution in [2.24, 2.45) is 12.2 Å². The first-order chi connectivity index (χ1) is 9.29. The van der Waals surface area contributed by atoms with Gasteiger partial charge >= 0.3 is 0 Å². The lowest BCUT2D eigenvalue weighted by atomic mass is 10.2. The Labute approximate surface area is 113 Å². The van der Waals surface area contributed by atoms with Gasteiger partial charge in [0.2, 0.25) is 10.0 Å². The molecule has 0 unspecified atom stereocenters. The monoisotopic (exact) mass is 299 g/mol. The molecule has 2 heterocycles. The summed E-state index contributed by atoms with van der Waals surface area (Å²) in [4.78, 5) is 15.0. The summed E-state index contributed by atoms with van der Waals surface area (Å²) in [5.41, 5.74) is -0.286. The Bertz CT molecular complexity index is 771. The van der Waals surface area contributed by atoms with Crippen LogP contribution in [0.1, 0.15) is 10.4 Å². The molecule has 1 amide bonds. The fraction of sp³-hybridized carbons (Fsp3) is 0.100. The summed E-state index contributed by atoms with van der Waals surface area (Å²) >= 11 is 0. The molecule has 2 rings (SSSR count). The van der Waals surface area contributed by atoms with Crippen LogP contribution < -0.4 is 10.5 Å². The molecule has 0 saturated carbocycles. The van der Waals surface area contributed by atoms with Crippen LogP contribution in [-0.2, 0) is 17.1 Å². The number of aromatic nitrogens is 3. The molecule has 0 saturated heterocycles. The number of rotatable bonds is 3. The zero-order valence-corrected chi connectivity index (χ0v) is 11.1. The molecule has 0 radical (unpaired) electrons. The Kier molecular flexibility index (Phi) is 3.51. The number of aryl methyl sites for hydroxylation is 1. The van der Waals surface area contributed by atoms with Crippen molar-refractivity contribution in [3.8, 4) is 0 Å². The minimum atomic E-state index is -4.05. The molecule has 8 nitrogen and oxygen atoms in total. The second-order valence-corrected chi connectivity index (χ2v) is 5.40. The molecule has 2 aromatic heterocycles. The largest absolute Gasteiger partial charge is 0.304 e. The summed E-state index contributed by atoms with van der Waals surface area (Å²) in [5, 5.41) is 11.0. The summed E-state index contributed by atoms with van der Waals surface area (Å²) in [7, 11) is -2.60. The summed E-state index contributed by atoms with van der Waals surface area (Å²) in [5.74, 6) is -1.96. The minimum absolute atomic E-state index is 0.267. The van der Waals surface area contributed by atoms with E-state index < -0.39 is 21.7 Å². The van der Waals surface area contributed by atoms with Crippen LogP contribution in [0.5, 0.6) is 0 Å². The molecule has 0 atom stereocenters. The highest BCUT2D eigenvalue weighted by atomic mass is 32.2. The molecular weight excluding hydrogens is 289 g/mol. The average molecular weight is 299 g/mol. The van der Waals surface area contributed by atoms with E-state index in [1.807, 2.05) is 0 Å². The average Bonchev–Trinajstić information content (AvgIpc) is 2.70. The van der Waals surface area contributed by atoms with Gasteiger partial charge in [-0.1, -0.05) is 0 Å². The Morgan fingerprint density at radius 1 is 1.50 bits per heavy atom. The number of halogens is 1. The molecule has 2 aromatic rings. The molecule has 0 spiro atoms. The van der Waals surface area contributed by atoms with Gasteiger partial charge in [0.25, 0.3) is 5.91 Å². The number of hydrogen-bond acceptors (Lipinski definition) is 5. The van der Waals surface area contributed by atoms with E-state index in [1.165, 1.54) is 13.2 Å². The van der Waals surface area contributed by atoms with Crippen LogP contribution in [0, 0.1) is 5.82 Å². The van der Waals surface area contributed by atoms with Gasteiger partial charge in [-0.15, -0.1) is 0 Å². The zero-order chi connectivity index (χ0) is 14.9. The first kappa shape index (κ1) is 14.1. The summed E-state index contributed by atoms with van der Waals surface area (Å²) < 4.78 is 37.2. The molecule has 3 N–H and O–H groups in total. The van der Waals surface area contributed by atoms with E-state index >= 15 is 0 Å². The van der Waals surface area contributed by atoms with Crippen molar-refractivity contribution in [3.63, 3.8) is 0 Å². The lowest BCUT2D eigenvalue weighted by molar-refractivity contribution is 0.102. The number of nitrogens with one attached hydrogen (secondary N) is 1. The van der Waals surface area contributed by atoms with Crippen molar-refractivity contribution in [2.45, 2.75) is 4.90 Å². The quantitative estimate of drug-likeness (QED) is 0.817. The van der Waals surface area contributed by atoms with E-state index in [0.717, 1.165) is 23.1 Å². The second-order valence-electron chi connectivity index (χ2n) is 3.87. The standard InChI is InChI=1S/C10H10FN5O3S/c1-16-5-8(20(12,18)19)9(15-16)14-10(17)6-2-3-13-4-7(6)11/h2-5H,1H3,(H2,12,18,19)(H,14,15,17). The molecule has 10 heteroatoms. The maximum atomic E-state index is 13.4. The highest BCUT2D eigenvalue weighted by Crippen LogP contribution is 2.18. The maximum Gasteiger partial charge on any atom is 0.259 e. The molecule has 20 heavy (non-hydrogen) atoms. The van der Waals surface area contributed by atoms with Gasteiger partial charge in [-0.05, 0) is 6.07 Å². The van der Waals surface area contributed by atoms with E-state index in [2.05, 4.69) is 15.4 Å². The van der Waals surface area contributed by atoms with Gasteiger partial charge in [-0.2, -0.15) is 5.10 Å². The third kappa shape index (κ3) is 2.81. The van der Waals surface area contributed by atoms with Crippen molar-refractivity contribution < 1.29 is 17.6 Å². The topological polar surface area (TPSA) is 120 Å². The van der Waals surface area contributed by atoms with E-state index in [4.69, 9.17) is 5.14 Å². The lowest BCUT2D eigenvalue weighted by Gasteiger charge is -2.04. The van der Waals surface area contributed by atoms with Gasteiger partial charge in [-0.25, -0.2) is 17.9 Å². The number of amides is 1. The van der Waals surface area contributed by atoms with E-state index in [0.29, 0.717) is 0 Å². The predicted molar refractivity (Wildman–Crippen MR) is 66.7 cm³/mol. The molecule has 0 aliphatic carbocycles. The number of carbonyl (C=O) groups excluding carboxylic acids is 1. The van der Waals surface area contributed by atoms with Crippen molar-refractivity contribution in [1.29, 1.82) is 0 Å². The Morgan fingerprint density at radius 3 is 2.80 bits per heavy atom. The first-order valence-electron chi connectivity index (χ1n) is 5.26. The van der Waals surface area contributed by atoms with Crippen molar-refractivity contribution in [2.75, 3.05) is 5.32 Å². The number of sulfonamides is 1. The smallest absolute Gasteiger partial charge is 0.259 e. The fourth-order valence-corrected chi connectivity index (χ4v) is 2.16. The van der Waals surface area contributed by atoms with Crippen LogP contribution >= 0.6 is 0 Å². The van der Waals surface area contributed by atoms with Gasteiger partial charge in [0.1, 0.15) is 4.90 Å². The zero-order valence-electron chi connectivity index (χ0n) is 10.2. The number of carbonyl (C=O) groups is 1. The number of pyridine rings is 1. The van der Waals surface area contributed by atoms with Crippen LogP contribution in [0.25, 0.3) is 0 Å². The normalized spacial score (nSPS) is 11.3. The van der Waals surface area contributed by atoms with Crippen molar-refractivity contribution in [1.82, 2.24) is 14.8 Å². The van der Waals surface area contributed by atoms with Gasteiger partial charge in [0.05, 0.1) is 11.8 Å². The highest BCUT2D eigenvalue weighted by molar-refractivity contribution is 7.89. The SMILES string of the molecule is Cn1cc(S(N)(=O)=O)c(NC(=O)c2ccncc2F)n1. The van der Waals surface area contributed by atoms with Gasteiger partial charge in [0.15, 0.2) is 11.6 Å². The third-order valence-corrected chi connectivity index (χ3v) is 3.26. The molecule has 106 valence electrons. The van der Waals surface area contributed by atoms with Crippen LogP contribution in [0.3, 0.4) is 0 Å². The fourth-order valence-electron chi connectivity index (χ4n) is 1.50. The Morgan fingerprint density at radius 2 is 2.20 bits per heavy atom. The second kappa shape index (κ2) is 4.98. The van der Waals surface area contributed by atoms with Gasteiger partial charge < -0.3 is 5.32 Å². The Balaban J connectivity index is 2.37. The molecule has 0 aliphatic heterocycles. The number of primary sulfonamides is 1. The van der Waals surface area contributed by atoms with Crippen LogP contribution in [0.4, 0.5) is 10.2 Å². The van der Waals surface area contributed by atoms with Gasteiger partial charge in [-0.3, -0.25) is 14.5 Å². The number of nitrogens with zero attached hydrogens (tertiary/aromatic N) is 3. The Hall–Kier alpha value is -2.33. The molecule has 0 aliphatic rings. The minimum Gasteiger partial charge on any atom is -0.304 e. The van der Waals surface area contributed by atoms with Gasteiger partial charge in [0, 0.05) is 19.4 Å². The van der Waals surface area contributed by atoms with Crippen molar-refractivity contribution >= 4 is 21.7 Å². The van der Waals surface area contributed by atoms with Crippen LogP contribution in [-0.4, -0.2) is 29.1 Å². The predicted octanol–water partition coefficient (Wildman–Crippen LogP) is -0.146. The number of hydrogen-bond donors (Lipinski definition) is 2. The molecule has 0 fully saturated rings. The van der Waals surface area contributed by atoms with E-state index in [-0.39, 0.29) is 16.3 Å².